The summed E-state index contributed by atoms with van der Waals surface area (Å²) in [4.78, 5) is 0. The van der Waals surface area contributed by atoms with E-state index in [-0.39, 0.29) is 0 Å². The Kier molecular flexibility index (Phi) is 11.9. The van der Waals surface area contributed by atoms with Crippen molar-refractivity contribution in [3.8, 4) is 5.75 Å². The number of aliphatic hydroxyl groups is 2. The summed E-state index contributed by atoms with van der Waals surface area (Å²) in [6.07, 6.45) is 0.410. The molecule has 0 aromatic heterocycles. The first-order valence-electron chi connectivity index (χ1n) is 7.18. The van der Waals surface area contributed by atoms with Gasteiger partial charge in [0.1, 0.15) is 18.5 Å². The van der Waals surface area contributed by atoms with Gasteiger partial charge in [0, 0.05) is 26.8 Å². The van der Waals surface area contributed by atoms with Crippen molar-refractivity contribution in [2.45, 2.75) is 32.4 Å². The molecule has 0 heterocycles. The Morgan fingerprint density at radius 2 is 1.76 bits per heavy atom. The van der Waals surface area contributed by atoms with E-state index in [2.05, 4.69) is 5.32 Å². The molecule has 5 nitrogen and oxygen atoms in total. The van der Waals surface area contributed by atoms with E-state index in [0.717, 1.165) is 25.9 Å². The zero-order valence-corrected chi connectivity index (χ0v) is 13.5. The van der Waals surface area contributed by atoms with Gasteiger partial charge >= 0.3 is 0 Å². The second-order valence-electron chi connectivity index (χ2n) is 4.91. The average molecular weight is 299 g/mol. The van der Waals surface area contributed by atoms with Crippen LogP contribution in [0.3, 0.4) is 0 Å². The Hall–Kier alpha value is -1.14. The smallest absolute Gasteiger partial charge is 0.119 e. The molecule has 0 aliphatic carbocycles. The zero-order chi connectivity index (χ0) is 16.1. The molecule has 1 unspecified atom stereocenters. The number of rotatable bonds is 9. The van der Waals surface area contributed by atoms with Crippen LogP contribution in [-0.2, 0) is 11.2 Å². The van der Waals surface area contributed by atoms with Crippen LogP contribution in [0.25, 0.3) is 0 Å². The summed E-state index contributed by atoms with van der Waals surface area (Å²) in [7, 11) is 2.70. The second kappa shape index (κ2) is 12.6. The van der Waals surface area contributed by atoms with Gasteiger partial charge in [-0.15, -0.1) is 0 Å². The normalized spacial score (nSPS) is 11.8. The molecule has 0 aliphatic rings. The maximum Gasteiger partial charge on any atom is 0.119 e. The fourth-order valence-corrected chi connectivity index (χ4v) is 1.60. The predicted octanol–water partition coefficient (Wildman–Crippen LogP) is 1.22. The van der Waals surface area contributed by atoms with Crippen molar-refractivity contribution in [2.24, 2.45) is 0 Å². The average Bonchev–Trinajstić information content (AvgIpc) is 2.51. The van der Waals surface area contributed by atoms with Crippen LogP contribution >= 0.6 is 0 Å². The number of hydrogen-bond acceptors (Lipinski definition) is 5. The molecule has 0 amide bonds. The van der Waals surface area contributed by atoms with Crippen LogP contribution in [-0.4, -0.2) is 56.3 Å². The van der Waals surface area contributed by atoms with Gasteiger partial charge in [0.2, 0.25) is 0 Å². The lowest BCUT2D eigenvalue weighted by molar-refractivity contribution is 0.104. The lowest BCUT2D eigenvalue weighted by atomic mass is 10.1. The standard InChI is InChI=1S/C15H25NO3.CH4O/c1-12(2)16-10-14(17)11-19-15-6-4-13(5-7-15)8-9-18-3;1-2/h4-7,12,14,16-17H,8-11H2,1-3H3;2H,1H3. The minimum Gasteiger partial charge on any atom is -0.491 e. The molecule has 0 fully saturated rings. The molecule has 1 aromatic carbocycles. The minimum atomic E-state index is -0.490. The maximum absolute atomic E-state index is 9.73. The third-order valence-corrected chi connectivity index (χ3v) is 2.72. The summed E-state index contributed by atoms with van der Waals surface area (Å²) in [6, 6.07) is 8.26. The van der Waals surface area contributed by atoms with Crippen molar-refractivity contribution in [3.05, 3.63) is 29.8 Å². The summed E-state index contributed by atoms with van der Waals surface area (Å²) in [5, 5.41) is 19.9. The highest BCUT2D eigenvalue weighted by Crippen LogP contribution is 2.12. The van der Waals surface area contributed by atoms with Crippen LogP contribution in [0.4, 0.5) is 0 Å². The molecular formula is C16H29NO4. The van der Waals surface area contributed by atoms with E-state index >= 15 is 0 Å². The van der Waals surface area contributed by atoms with E-state index < -0.39 is 6.10 Å². The van der Waals surface area contributed by atoms with E-state index in [0.29, 0.717) is 19.2 Å². The summed E-state index contributed by atoms with van der Waals surface area (Å²) in [6.45, 7) is 5.67. The largest absolute Gasteiger partial charge is 0.491 e. The summed E-state index contributed by atoms with van der Waals surface area (Å²) in [5.41, 5.74) is 1.22. The summed E-state index contributed by atoms with van der Waals surface area (Å²) >= 11 is 0. The Bertz CT molecular complexity index is 341. The molecule has 0 radical (unpaired) electrons. The third kappa shape index (κ3) is 10.3. The fraction of sp³-hybridized carbons (Fsp3) is 0.625. The van der Waals surface area contributed by atoms with Crippen molar-refractivity contribution >= 4 is 0 Å². The lowest BCUT2D eigenvalue weighted by Crippen LogP contribution is -2.35. The molecule has 5 heteroatoms. The topological polar surface area (TPSA) is 71.0 Å². The zero-order valence-electron chi connectivity index (χ0n) is 13.5. The highest BCUT2D eigenvalue weighted by molar-refractivity contribution is 5.27. The van der Waals surface area contributed by atoms with Gasteiger partial charge in [-0.05, 0) is 24.1 Å². The van der Waals surface area contributed by atoms with Gasteiger partial charge in [-0.3, -0.25) is 0 Å². The summed E-state index contributed by atoms with van der Waals surface area (Å²) < 4.78 is 10.6. The van der Waals surface area contributed by atoms with Crippen molar-refractivity contribution in [1.29, 1.82) is 0 Å². The number of hydrogen-bond donors (Lipinski definition) is 3. The molecule has 0 saturated carbocycles. The Morgan fingerprint density at radius 3 is 2.29 bits per heavy atom. The Labute approximate surface area is 127 Å². The molecule has 0 bridgehead atoms. The number of methoxy groups -OCH3 is 1. The maximum atomic E-state index is 9.73. The molecular weight excluding hydrogens is 270 g/mol. The van der Waals surface area contributed by atoms with Crippen molar-refractivity contribution < 1.29 is 19.7 Å². The molecule has 1 rings (SSSR count). The van der Waals surface area contributed by atoms with Crippen molar-refractivity contribution in [3.63, 3.8) is 0 Å². The van der Waals surface area contributed by atoms with Gasteiger partial charge in [-0.1, -0.05) is 26.0 Å². The molecule has 1 atom stereocenters. The van der Waals surface area contributed by atoms with Gasteiger partial charge in [0.05, 0.1) is 6.61 Å². The number of benzene rings is 1. The molecule has 0 saturated heterocycles. The van der Waals surface area contributed by atoms with Gasteiger partial charge in [0.15, 0.2) is 0 Å². The highest BCUT2D eigenvalue weighted by Gasteiger charge is 2.05. The number of ether oxygens (including phenoxy) is 2. The highest BCUT2D eigenvalue weighted by atomic mass is 16.5. The van der Waals surface area contributed by atoms with Crippen LogP contribution in [0.15, 0.2) is 24.3 Å². The van der Waals surface area contributed by atoms with E-state index in [9.17, 15) is 5.11 Å². The molecule has 21 heavy (non-hydrogen) atoms. The van der Waals surface area contributed by atoms with Crippen LogP contribution in [0.5, 0.6) is 5.75 Å². The van der Waals surface area contributed by atoms with Crippen molar-refractivity contribution in [1.82, 2.24) is 5.32 Å². The first kappa shape index (κ1) is 19.9. The molecule has 1 aromatic rings. The van der Waals surface area contributed by atoms with Gasteiger partial charge in [-0.25, -0.2) is 0 Å². The van der Waals surface area contributed by atoms with Gasteiger partial charge < -0.3 is 25.0 Å². The monoisotopic (exact) mass is 299 g/mol. The third-order valence-electron chi connectivity index (χ3n) is 2.72. The van der Waals surface area contributed by atoms with E-state index in [1.807, 2.05) is 38.1 Å². The first-order valence-corrected chi connectivity index (χ1v) is 7.18. The molecule has 0 aliphatic heterocycles. The van der Waals surface area contributed by atoms with Crippen molar-refractivity contribution in [2.75, 3.05) is 34.0 Å². The van der Waals surface area contributed by atoms with Crippen LogP contribution in [0.1, 0.15) is 19.4 Å². The number of aliphatic hydroxyl groups excluding tert-OH is 2. The lowest BCUT2D eigenvalue weighted by Gasteiger charge is -2.15. The van der Waals surface area contributed by atoms with Crippen LogP contribution in [0, 0.1) is 0 Å². The second-order valence-corrected chi connectivity index (χ2v) is 4.91. The van der Waals surface area contributed by atoms with Crippen LogP contribution < -0.4 is 10.1 Å². The predicted molar refractivity (Wildman–Crippen MR) is 84.8 cm³/mol. The molecule has 122 valence electrons. The number of nitrogens with one attached hydrogen (secondary N) is 1. The van der Waals surface area contributed by atoms with E-state index in [1.165, 1.54) is 5.56 Å². The Morgan fingerprint density at radius 1 is 1.14 bits per heavy atom. The van der Waals surface area contributed by atoms with Crippen LogP contribution in [0.2, 0.25) is 0 Å². The molecule has 3 N–H and O–H groups in total. The van der Waals surface area contributed by atoms with E-state index in [1.54, 1.807) is 7.11 Å². The van der Waals surface area contributed by atoms with Gasteiger partial charge in [-0.2, -0.15) is 0 Å². The minimum absolute atomic E-state index is 0.303. The Balaban J connectivity index is 0.00000191. The quantitative estimate of drug-likeness (QED) is 0.639. The van der Waals surface area contributed by atoms with E-state index in [4.69, 9.17) is 14.6 Å². The first-order chi connectivity index (χ1) is 10.1. The molecule has 0 spiro atoms. The SMILES string of the molecule is CO.COCCc1ccc(OCC(O)CNC(C)C)cc1. The van der Waals surface area contributed by atoms with Gasteiger partial charge in [0.25, 0.3) is 0 Å². The fourth-order valence-electron chi connectivity index (χ4n) is 1.60. The summed E-state index contributed by atoms with van der Waals surface area (Å²) in [5.74, 6) is 0.782.